The Morgan fingerprint density at radius 1 is 1.50 bits per heavy atom. The number of hydrogen-bond donors (Lipinski definition) is 1. The first kappa shape index (κ1) is 9.10. The van der Waals surface area contributed by atoms with Gasteiger partial charge in [-0.05, 0) is 6.92 Å². The smallest absolute Gasteiger partial charge is 0.207 e. The molecule has 0 aliphatic rings. The highest BCUT2D eigenvalue weighted by molar-refractivity contribution is 5.64. The van der Waals surface area contributed by atoms with Crippen molar-refractivity contribution in [3.05, 3.63) is 0 Å². The molecule has 2 atom stereocenters. The Morgan fingerprint density at radius 2 is 2.10 bits per heavy atom. The summed E-state index contributed by atoms with van der Waals surface area (Å²) in [6.45, 7) is 1.70. The van der Waals surface area contributed by atoms with E-state index >= 15 is 0 Å². The average Bonchev–Trinajstić information content (AvgIpc) is 1.99. The van der Waals surface area contributed by atoms with E-state index in [2.05, 4.69) is 5.32 Å². The van der Waals surface area contributed by atoms with Crippen LogP contribution >= 0.6 is 0 Å². The summed E-state index contributed by atoms with van der Waals surface area (Å²) in [6, 6.07) is -0.539. The molecule has 0 aromatic heterocycles. The minimum Gasteiger partial charge on any atom is -0.379 e. The molecule has 0 aliphatic carbocycles. The van der Waals surface area contributed by atoms with Crippen molar-refractivity contribution >= 4 is 12.7 Å². The second-order valence-electron chi connectivity index (χ2n) is 1.89. The maximum absolute atomic E-state index is 10.2. The molecule has 0 saturated heterocycles. The van der Waals surface area contributed by atoms with Gasteiger partial charge in [-0.25, -0.2) is 0 Å². The molecule has 0 spiro atoms. The number of nitrogens with one attached hydrogen (secondary N) is 1. The van der Waals surface area contributed by atoms with Gasteiger partial charge in [0.2, 0.25) is 6.41 Å². The van der Waals surface area contributed by atoms with Gasteiger partial charge in [0.1, 0.15) is 12.3 Å². The fourth-order valence-corrected chi connectivity index (χ4v) is 0.511. The first-order valence-electron chi connectivity index (χ1n) is 2.94. The Bertz CT molecular complexity index is 116. The SMILES string of the molecule is CO[C@@H](C)C(C=O)NC=O. The lowest BCUT2D eigenvalue weighted by molar-refractivity contribution is -0.118. The van der Waals surface area contributed by atoms with Gasteiger partial charge >= 0.3 is 0 Å². The van der Waals surface area contributed by atoms with Crippen LogP contribution in [0.2, 0.25) is 0 Å². The van der Waals surface area contributed by atoms with E-state index in [1.165, 1.54) is 7.11 Å². The summed E-state index contributed by atoms with van der Waals surface area (Å²) >= 11 is 0. The molecule has 4 heteroatoms. The molecular weight excluding hydrogens is 134 g/mol. The number of rotatable bonds is 5. The lowest BCUT2D eigenvalue weighted by Crippen LogP contribution is -2.39. The highest BCUT2D eigenvalue weighted by Gasteiger charge is 2.13. The van der Waals surface area contributed by atoms with Crippen molar-refractivity contribution in [1.82, 2.24) is 5.32 Å². The van der Waals surface area contributed by atoms with Gasteiger partial charge in [0.15, 0.2) is 0 Å². The minimum atomic E-state index is -0.539. The number of carbonyl (C=O) groups is 2. The lowest BCUT2D eigenvalue weighted by atomic mass is 10.2. The zero-order chi connectivity index (χ0) is 7.98. The maximum Gasteiger partial charge on any atom is 0.207 e. The molecule has 10 heavy (non-hydrogen) atoms. The van der Waals surface area contributed by atoms with Crippen LogP contribution in [0.1, 0.15) is 6.92 Å². The molecule has 0 aromatic rings. The van der Waals surface area contributed by atoms with Crippen molar-refractivity contribution in [3.63, 3.8) is 0 Å². The van der Waals surface area contributed by atoms with Gasteiger partial charge in [0.25, 0.3) is 0 Å². The Kier molecular flexibility index (Phi) is 4.49. The molecule has 0 aliphatic heterocycles. The quantitative estimate of drug-likeness (QED) is 0.522. The molecule has 58 valence electrons. The minimum absolute atomic E-state index is 0.275. The van der Waals surface area contributed by atoms with Gasteiger partial charge in [-0.1, -0.05) is 0 Å². The number of ether oxygens (including phenoxy) is 1. The number of amides is 1. The van der Waals surface area contributed by atoms with Crippen LogP contribution in [0.25, 0.3) is 0 Å². The highest BCUT2D eigenvalue weighted by atomic mass is 16.5. The van der Waals surface area contributed by atoms with Crippen LogP contribution in [0.4, 0.5) is 0 Å². The molecular formula is C6H11NO3. The number of aldehydes is 1. The van der Waals surface area contributed by atoms with E-state index in [9.17, 15) is 9.59 Å². The second kappa shape index (κ2) is 4.93. The molecule has 1 unspecified atom stereocenters. The third kappa shape index (κ3) is 2.59. The van der Waals surface area contributed by atoms with Gasteiger partial charge < -0.3 is 14.8 Å². The number of hydrogen-bond acceptors (Lipinski definition) is 3. The van der Waals surface area contributed by atoms with E-state index in [0.717, 1.165) is 0 Å². The van der Waals surface area contributed by atoms with Crippen molar-refractivity contribution in [3.8, 4) is 0 Å². The first-order valence-corrected chi connectivity index (χ1v) is 2.94. The third-order valence-corrected chi connectivity index (χ3v) is 1.28. The normalized spacial score (nSPS) is 15.4. The summed E-state index contributed by atoms with van der Waals surface area (Å²) < 4.78 is 4.80. The van der Waals surface area contributed by atoms with Gasteiger partial charge in [-0.15, -0.1) is 0 Å². The Hall–Kier alpha value is -0.900. The molecule has 0 aromatic carbocycles. The van der Waals surface area contributed by atoms with E-state index in [-0.39, 0.29) is 6.10 Å². The Balaban J connectivity index is 3.78. The van der Waals surface area contributed by atoms with E-state index in [1.807, 2.05) is 0 Å². The van der Waals surface area contributed by atoms with E-state index < -0.39 is 6.04 Å². The topological polar surface area (TPSA) is 55.4 Å². The molecule has 0 radical (unpaired) electrons. The van der Waals surface area contributed by atoms with Crippen molar-refractivity contribution in [2.24, 2.45) is 0 Å². The van der Waals surface area contributed by atoms with E-state index in [1.54, 1.807) is 6.92 Å². The first-order chi connectivity index (χ1) is 4.76. The lowest BCUT2D eigenvalue weighted by Gasteiger charge is -2.15. The van der Waals surface area contributed by atoms with Crippen LogP contribution < -0.4 is 5.32 Å². The van der Waals surface area contributed by atoms with Gasteiger partial charge in [0, 0.05) is 7.11 Å². The standard InChI is InChI=1S/C6H11NO3/c1-5(10-2)6(3-8)7-4-9/h3-6H,1-2H3,(H,7,9)/t5-,6?/m0/s1. The van der Waals surface area contributed by atoms with Gasteiger partial charge in [-0.3, -0.25) is 4.79 Å². The van der Waals surface area contributed by atoms with Crippen LogP contribution in [0.15, 0.2) is 0 Å². The zero-order valence-corrected chi connectivity index (χ0v) is 6.03. The summed E-state index contributed by atoms with van der Waals surface area (Å²) in [5.41, 5.74) is 0. The summed E-state index contributed by atoms with van der Waals surface area (Å²) in [6.07, 6.45) is 0.847. The van der Waals surface area contributed by atoms with Gasteiger partial charge in [-0.2, -0.15) is 0 Å². The molecule has 0 bridgehead atoms. The van der Waals surface area contributed by atoms with Crippen molar-refractivity contribution < 1.29 is 14.3 Å². The molecule has 1 amide bonds. The van der Waals surface area contributed by atoms with Crippen LogP contribution in [0, 0.1) is 0 Å². The van der Waals surface area contributed by atoms with E-state index in [4.69, 9.17) is 4.74 Å². The molecule has 0 heterocycles. The number of carbonyl (C=O) groups excluding carboxylic acids is 2. The predicted molar refractivity (Wildman–Crippen MR) is 35.5 cm³/mol. The molecule has 1 N–H and O–H groups in total. The summed E-state index contributed by atoms with van der Waals surface area (Å²) in [5.74, 6) is 0. The predicted octanol–water partition coefficient (Wildman–Crippen LogP) is -0.665. The average molecular weight is 145 g/mol. The zero-order valence-electron chi connectivity index (χ0n) is 6.03. The van der Waals surface area contributed by atoms with Crippen molar-refractivity contribution in [2.75, 3.05) is 7.11 Å². The molecule has 0 rings (SSSR count). The van der Waals surface area contributed by atoms with Crippen LogP contribution in [0.3, 0.4) is 0 Å². The van der Waals surface area contributed by atoms with Crippen molar-refractivity contribution in [2.45, 2.75) is 19.1 Å². The molecule has 4 nitrogen and oxygen atoms in total. The molecule has 0 saturated carbocycles. The van der Waals surface area contributed by atoms with E-state index in [0.29, 0.717) is 12.7 Å². The third-order valence-electron chi connectivity index (χ3n) is 1.28. The van der Waals surface area contributed by atoms with Crippen LogP contribution in [-0.4, -0.2) is 32.0 Å². The fraction of sp³-hybridized carbons (Fsp3) is 0.667. The fourth-order valence-electron chi connectivity index (χ4n) is 0.511. The van der Waals surface area contributed by atoms with Crippen LogP contribution in [-0.2, 0) is 14.3 Å². The Morgan fingerprint density at radius 3 is 2.40 bits per heavy atom. The Labute approximate surface area is 59.6 Å². The maximum atomic E-state index is 10.2. The number of methoxy groups -OCH3 is 1. The van der Waals surface area contributed by atoms with Crippen LogP contribution in [0.5, 0.6) is 0 Å². The summed E-state index contributed by atoms with van der Waals surface area (Å²) in [7, 11) is 1.48. The van der Waals surface area contributed by atoms with Gasteiger partial charge in [0.05, 0.1) is 6.10 Å². The highest BCUT2D eigenvalue weighted by Crippen LogP contribution is 1.92. The molecule has 0 fully saturated rings. The summed E-state index contributed by atoms with van der Waals surface area (Å²) in [4.78, 5) is 20.1. The largest absolute Gasteiger partial charge is 0.379 e. The van der Waals surface area contributed by atoms with Crippen molar-refractivity contribution in [1.29, 1.82) is 0 Å². The second-order valence-corrected chi connectivity index (χ2v) is 1.89. The monoisotopic (exact) mass is 145 g/mol. The summed E-state index contributed by atoms with van der Waals surface area (Å²) in [5, 5.41) is 2.31.